The van der Waals surface area contributed by atoms with Crippen LogP contribution in [0.2, 0.25) is 0 Å². The average Bonchev–Trinajstić information content (AvgIpc) is 2.46. The van der Waals surface area contributed by atoms with Crippen molar-refractivity contribution in [3.8, 4) is 11.5 Å². The molecule has 1 aromatic rings. The van der Waals surface area contributed by atoms with Crippen molar-refractivity contribution < 1.29 is 14.6 Å². The number of halogens is 1. The van der Waals surface area contributed by atoms with Gasteiger partial charge in [-0.1, -0.05) is 13.8 Å². The lowest BCUT2D eigenvalue weighted by Gasteiger charge is -2.26. The van der Waals surface area contributed by atoms with Crippen LogP contribution in [0.15, 0.2) is 16.6 Å². The van der Waals surface area contributed by atoms with Crippen LogP contribution in [0.4, 0.5) is 0 Å². The van der Waals surface area contributed by atoms with Gasteiger partial charge in [-0.15, -0.1) is 0 Å². The second kappa shape index (κ2) is 7.86. The van der Waals surface area contributed by atoms with Crippen molar-refractivity contribution in [3.05, 3.63) is 22.2 Å². The highest BCUT2D eigenvalue weighted by atomic mass is 79.9. The van der Waals surface area contributed by atoms with E-state index in [0.29, 0.717) is 37.5 Å². The molecule has 0 bridgehead atoms. The summed E-state index contributed by atoms with van der Waals surface area (Å²) in [6.07, 6.45) is 1.29. The van der Waals surface area contributed by atoms with Gasteiger partial charge in [0.05, 0.1) is 16.7 Å². The Kier molecular flexibility index (Phi) is 6.79. The molecule has 0 amide bonds. The van der Waals surface area contributed by atoms with Gasteiger partial charge >= 0.3 is 0 Å². The molecule has 0 aliphatic heterocycles. The van der Waals surface area contributed by atoms with E-state index < -0.39 is 5.60 Å². The molecule has 0 aliphatic rings. The topological polar surface area (TPSA) is 64.7 Å². The number of hydrogen-bond acceptors (Lipinski definition) is 4. The number of hydrogen-bond donors (Lipinski definition) is 2. The highest BCUT2D eigenvalue weighted by Gasteiger charge is 2.24. The van der Waals surface area contributed by atoms with E-state index in [2.05, 4.69) is 15.9 Å². The summed E-state index contributed by atoms with van der Waals surface area (Å²) in [5, 5.41) is 10.3. The molecule has 20 heavy (non-hydrogen) atoms. The summed E-state index contributed by atoms with van der Waals surface area (Å²) < 4.78 is 12.2. The van der Waals surface area contributed by atoms with E-state index >= 15 is 0 Å². The van der Waals surface area contributed by atoms with E-state index in [4.69, 9.17) is 15.2 Å². The van der Waals surface area contributed by atoms with Gasteiger partial charge in [-0.05, 0) is 53.4 Å². The number of nitrogens with two attached hydrogens (primary N) is 1. The fourth-order valence-electron chi connectivity index (χ4n) is 1.80. The number of benzene rings is 1. The van der Waals surface area contributed by atoms with Crippen LogP contribution < -0.4 is 15.2 Å². The molecular weight excluding hydrogens is 322 g/mol. The first-order valence-corrected chi connectivity index (χ1v) is 7.79. The molecule has 1 rings (SSSR count). The van der Waals surface area contributed by atoms with Crippen molar-refractivity contribution in [2.24, 2.45) is 5.73 Å². The lowest BCUT2D eigenvalue weighted by atomic mass is 9.99. The summed E-state index contributed by atoms with van der Waals surface area (Å²) in [6.45, 7) is 7.03. The molecule has 0 spiro atoms. The van der Waals surface area contributed by atoms with E-state index in [1.807, 2.05) is 32.9 Å². The molecular formula is C15H24BrNO3. The van der Waals surface area contributed by atoms with Crippen molar-refractivity contribution in [2.75, 3.05) is 13.2 Å². The van der Waals surface area contributed by atoms with Gasteiger partial charge in [0.15, 0.2) is 11.5 Å². The van der Waals surface area contributed by atoms with Crippen LogP contribution in [0, 0.1) is 0 Å². The van der Waals surface area contributed by atoms with Crippen LogP contribution in [0.3, 0.4) is 0 Å². The number of rotatable bonds is 8. The summed E-state index contributed by atoms with van der Waals surface area (Å²) in [5.41, 5.74) is 5.82. The summed E-state index contributed by atoms with van der Waals surface area (Å²) in [4.78, 5) is 0. The van der Waals surface area contributed by atoms with Crippen LogP contribution in [-0.2, 0) is 6.54 Å². The fraction of sp³-hybridized carbons (Fsp3) is 0.600. The molecule has 114 valence electrons. The minimum atomic E-state index is -0.810. The zero-order valence-electron chi connectivity index (χ0n) is 12.4. The maximum Gasteiger partial charge on any atom is 0.175 e. The van der Waals surface area contributed by atoms with Gasteiger partial charge in [-0.25, -0.2) is 0 Å². The van der Waals surface area contributed by atoms with Crippen molar-refractivity contribution in [1.82, 2.24) is 0 Å². The van der Waals surface area contributed by atoms with Crippen LogP contribution in [0.5, 0.6) is 11.5 Å². The molecule has 0 aliphatic carbocycles. The quantitative estimate of drug-likeness (QED) is 0.759. The molecule has 0 heterocycles. The molecule has 3 N–H and O–H groups in total. The van der Waals surface area contributed by atoms with Gasteiger partial charge in [0.25, 0.3) is 0 Å². The summed E-state index contributed by atoms with van der Waals surface area (Å²) in [7, 11) is 0. The predicted octanol–water partition coefficient (Wildman–Crippen LogP) is 3.24. The molecule has 0 atom stereocenters. The monoisotopic (exact) mass is 345 g/mol. The Balaban J connectivity index is 2.98. The Morgan fingerprint density at radius 1 is 1.20 bits per heavy atom. The van der Waals surface area contributed by atoms with E-state index in [0.717, 1.165) is 10.0 Å². The van der Waals surface area contributed by atoms with Gasteiger partial charge in [-0.3, -0.25) is 0 Å². The summed E-state index contributed by atoms with van der Waals surface area (Å²) in [5.74, 6) is 1.27. The zero-order valence-corrected chi connectivity index (χ0v) is 14.0. The summed E-state index contributed by atoms with van der Waals surface area (Å²) >= 11 is 3.48. The van der Waals surface area contributed by atoms with E-state index in [1.54, 1.807) is 0 Å². The second-order valence-corrected chi connectivity index (χ2v) is 5.62. The SMILES string of the molecule is CCOc1cc(CN)cc(Br)c1OCC(O)(CC)CC. The molecule has 5 heteroatoms. The average molecular weight is 346 g/mol. The lowest BCUT2D eigenvalue weighted by Crippen LogP contribution is -2.34. The van der Waals surface area contributed by atoms with Crippen molar-refractivity contribution in [2.45, 2.75) is 45.8 Å². The third kappa shape index (κ3) is 4.36. The molecule has 0 aromatic heterocycles. The Morgan fingerprint density at radius 3 is 2.35 bits per heavy atom. The highest BCUT2D eigenvalue weighted by Crippen LogP contribution is 2.37. The first-order valence-electron chi connectivity index (χ1n) is 7.00. The van der Waals surface area contributed by atoms with Crippen molar-refractivity contribution >= 4 is 15.9 Å². The largest absolute Gasteiger partial charge is 0.490 e. The molecule has 4 nitrogen and oxygen atoms in total. The van der Waals surface area contributed by atoms with Crippen LogP contribution in [-0.4, -0.2) is 23.9 Å². The minimum Gasteiger partial charge on any atom is -0.490 e. The van der Waals surface area contributed by atoms with E-state index in [-0.39, 0.29) is 6.61 Å². The first kappa shape index (κ1) is 17.3. The number of ether oxygens (including phenoxy) is 2. The third-order valence-electron chi connectivity index (χ3n) is 3.41. The Bertz CT molecular complexity index is 433. The Hall–Kier alpha value is -0.780. The summed E-state index contributed by atoms with van der Waals surface area (Å²) in [6, 6.07) is 3.79. The molecule has 1 aromatic carbocycles. The standard InChI is InChI=1S/C15H24BrNO3/c1-4-15(18,5-2)10-20-14-12(16)7-11(9-17)8-13(14)19-6-3/h7-8,18H,4-6,9-10,17H2,1-3H3. The zero-order chi connectivity index (χ0) is 15.2. The highest BCUT2D eigenvalue weighted by molar-refractivity contribution is 9.10. The van der Waals surface area contributed by atoms with Gasteiger partial charge in [0, 0.05) is 6.54 Å². The van der Waals surface area contributed by atoms with E-state index in [9.17, 15) is 5.11 Å². The van der Waals surface area contributed by atoms with Crippen LogP contribution >= 0.6 is 15.9 Å². The van der Waals surface area contributed by atoms with Crippen LogP contribution in [0.25, 0.3) is 0 Å². The Morgan fingerprint density at radius 2 is 1.85 bits per heavy atom. The van der Waals surface area contributed by atoms with Crippen molar-refractivity contribution in [3.63, 3.8) is 0 Å². The predicted molar refractivity (Wildman–Crippen MR) is 84.2 cm³/mol. The molecule has 0 unspecified atom stereocenters. The second-order valence-electron chi connectivity index (χ2n) is 4.76. The van der Waals surface area contributed by atoms with Gasteiger partial charge < -0.3 is 20.3 Å². The van der Waals surface area contributed by atoms with Gasteiger partial charge in [0.2, 0.25) is 0 Å². The number of aliphatic hydroxyl groups is 1. The molecule has 0 radical (unpaired) electrons. The maximum atomic E-state index is 10.3. The van der Waals surface area contributed by atoms with E-state index in [1.165, 1.54) is 0 Å². The molecule has 0 fully saturated rings. The maximum absolute atomic E-state index is 10.3. The van der Waals surface area contributed by atoms with Gasteiger partial charge in [-0.2, -0.15) is 0 Å². The fourth-order valence-corrected chi connectivity index (χ4v) is 2.41. The normalized spacial score (nSPS) is 11.5. The third-order valence-corrected chi connectivity index (χ3v) is 4.00. The molecule has 0 saturated heterocycles. The van der Waals surface area contributed by atoms with Crippen molar-refractivity contribution in [1.29, 1.82) is 0 Å². The minimum absolute atomic E-state index is 0.237. The smallest absolute Gasteiger partial charge is 0.175 e. The Labute approximate surface area is 129 Å². The van der Waals surface area contributed by atoms with Crippen LogP contribution in [0.1, 0.15) is 39.2 Å². The first-order chi connectivity index (χ1) is 9.49. The lowest BCUT2D eigenvalue weighted by molar-refractivity contribution is -0.0122. The van der Waals surface area contributed by atoms with Gasteiger partial charge in [0.1, 0.15) is 6.61 Å². The molecule has 0 saturated carbocycles.